The molecule has 5 heteroatoms. The molecule has 1 aromatic heterocycles. The van der Waals surface area contributed by atoms with E-state index in [0.29, 0.717) is 0 Å². The van der Waals surface area contributed by atoms with Crippen molar-refractivity contribution < 1.29 is 4.79 Å². The number of rotatable bonds is 6. The first-order valence-corrected chi connectivity index (χ1v) is 9.59. The lowest BCUT2D eigenvalue weighted by atomic mass is 10.1. The summed E-state index contributed by atoms with van der Waals surface area (Å²) in [4.78, 5) is 20.9. The highest BCUT2D eigenvalue weighted by Gasteiger charge is 2.21. The minimum atomic E-state index is 0.0332. The van der Waals surface area contributed by atoms with Gasteiger partial charge >= 0.3 is 6.03 Å². The summed E-state index contributed by atoms with van der Waals surface area (Å²) >= 11 is 0. The quantitative estimate of drug-likeness (QED) is 0.857. The average Bonchev–Trinajstić information content (AvgIpc) is 2.70. The van der Waals surface area contributed by atoms with Crippen molar-refractivity contribution in [1.29, 1.82) is 0 Å². The van der Waals surface area contributed by atoms with E-state index in [4.69, 9.17) is 0 Å². The van der Waals surface area contributed by atoms with Gasteiger partial charge in [0, 0.05) is 51.2 Å². The van der Waals surface area contributed by atoms with Crippen LogP contribution in [0.3, 0.4) is 0 Å². The topological polar surface area (TPSA) is 48.5 Å². The molecule has 0 saturated carbocycles. The molecule has 0 bridgehead atoms. The van der Waals surface area contributed by atoms with Gasteiger partial charge in [-0.2, -0.15) is 0 Å². The third-order valence-corrected chi connectivity index (χ3v) is 4.77. The van der Waals surface area contributed by atoms with Crippen LogP contribution in [-0.2, 0) is 6.42 Å². The molecule has 0 spiro atoms. The number of carbonyl (C=O) groups excluding carboxylic acids is 1. The molecule has 2 amide bonds. The van der Waals surface area contributed by atoms with Crippen molar-refractivity contribution in [2.75, 3.05) is 32.7 Å². The Morgan fingerprint density at radius 1 is 1.15 bits per heavy atom. The number of urea groups is 1. The maximum atomic E-state index is 12.5. The van der Waals surface area contributed by atoms with Gasteiger partial charge in [-0.25, -0.2) is 4.79 Å². The van der Waals surface area contributed by atoms with Crippen LogP contribution in [0.25, 0.3) is 6.08 Å². The molecule has 1 fully saturated rings. The Morgan fingerprint density at radius 2 is 1.93 bits per heavy atom. The van der Waals surface area contributed by atoms with Crippen molar-refractivity contribution >= 4 is 12.1 Å². The first kappa shape index (κ1) is 19.1. The van der Waals surface area contributed by atoms with Crippen LogP contribution in [0.1, 0.15) is 18.1 Å². The van der Waals surface area contributed by atoms with Crippen molar-refractivity contribution in [2.24, 2.45) is 0 Å². The van der Waals surface area contributed by atoms with Gasteiger partial charge in [0.1, 0.15) is 0 Å². The highest BCUT2D eigenvalue weighted by atomic mass is 16.2. The molecule has 2 heterocycles. The lowest BCUT2D eigenvalue weighted by Gasteiger charge is -2.34. The van der Waals surface area contributed by atoms with Crippen molar-refractivity contribution in [2.45, 2.75) is 19.4 Å². The maximum absolute atomic E-state index is 12.5. The first-order chi connectivity index (χ1) is 13.2. The molecule has 1 N–H and O–H groups in total. The molecule has 1 aromatic carbocycles. The number of amides is 2. The molecule has 1 saturated heterocycles. The van der Waals surface area contributed by atoms with Gasteiger partial charge in [-0.1, -0.05) is 48.6 Å². The highest BCUT2D eigenvalue weighted by Crippen LogP contribution is 2.06. The van der Waals surface area contributed by atoms with E-state index in [1.807, 2.05) is 48.4 Å². The van der Waals surface area contributed by atoms with Crippen LogP contribution >= 0.6 is 0 Å². The Morgan fingerprint density at radius 3 is 2.63 bits per heavy atom. The van der Waals surface area contributed by atoms with Crippen molar-refractivity contribution in [3.05, 3.63) is 72.1 Å². The van der Waals surface area contributed by atoms with Gasteiger partial charge in [0.05, 0.1) is 0 Å². The van der Waals surface area contributed by atoms with E-state index in [9.17, 15) is 4.79 Å². The molecule has 27 heavy (non-hydrogen) atoms. The molecule has 0 aliphatic carbocycles. The smallest absolute Gasteiger partial charge is 0.317 e. The van der Waals surface area contributed by atoms with Gasteiger partial charge in [-0.3, -0.25) is 9.88 Å². The third-order valence-electron chi connectivity index (χ3n) is 4.77. The molecule has 3 rings (SSSR count). The number of pyridine rings is 1. The van der Waals surface area contributed by atoms with Crippen LogP contribution < -0.4 is 5.32 Å². The summed E-state index contributed by atoms with van der Waals surface area (Å²) in [5.41, 5.74) is 2.36. The number of piperazine rings is 1. The van der Waals surface area contributed by atoms with E-state index < -0.39 is 0 Å². The van der Waals surface area contributed by atoms with Crippen LogP contribution in [0.2, 0.25) is 0 Å². The van der Waals surface area contributed by atoms with Crippen molar-refractivity contribution in [3.8, 4) is 0 Å². The monoisotopic (exact) mass is 364 g/mol. The second-order valence-corrected chi connectivity index (χ2v) is 7.02. The van der Waals surface area contributed by atoms with Gasteiger partial charge in [-0.05, 0) is 30.5 Å². The van der Waals surface area contributed by atoms with Gasteiger partial charge in [0.15, 0.2) is 0 Å². The van der Waals surface area contributed by atoms with Crippen molar-refractivity contribution in [3.63, 3.8) is 0 Å². The van der Waals surface area contributed by atoms with Gasteiger partial charge in [0.2, 0.25) is 0 Å². The Kier molecular flexibility index (Phi) is 6.99. The van der Waals surface area contributed by atoms with Crippen molar-refractivity contribution in [1.82, 2.24) is 20.1 Å². The zero-order valence-electron chi connectivity index (χ0n) is 15.9. The predicted molar refractivity (Wildman–Crippen MR) is 109 cm³/mol. The first-order valence-electron chi connectivity index (χ1n) is 9.59. The van der Waals surface area contributed by atoms with Gasteiger partial charge < -0.3 is 10.2 Å². The zero-order valence-corrected chi connectivity index (χ0v) is 15.9. The number of nitrogens with one attached hydrogen (secondary N) is 1. The summed E-state index contributed by atoms with van der Waals surface area (Å²) in [7, 11) is 0. The molecule has 142 valence electrons. The summed E-state index contributed by atoms with van der Waals surface area (Å²) in [6.45, 7) is 6.31. The summed E-state index contributed by atoms with van der Waals surface area (Å²) in [6, 6.07) is 14.4. The summed E-state index contributed by atoms with van der Waals surface area (Å²) in [6.07, 6.45) is 8.76. The number of hydrogen-bond acceptors (Lipinski definition) is 3. The van der Waals surface area contributed by atoms with Crippen LogP contribution in [0, 0.1) is 0 Å². The van der Waals surface area contributed by atoms with Crippen LogP contribution in [0.4, 0.5) is 4.79 Å². The minimum Gasteiger partial charge on any atom is -0.335 e. The minimum absolute atomic E-state index is 0.0332. The van der Waals surface area contributed by atoms with E-state index in [-0.39, 0.29) is 12.1 Å². The lowest BCUT2D eigenvalue weighted by Crippen LogP contribution is -2.53. The van der Waals surface area contributed by atoms with E-state index >= 15 is 0 Å². The largest absolute Gasteiger partial charge is 0.335 e. The molecule has 5 nitrogen and oxygen atoms in total. The predicted octanol–water partition coefficient (Wildman–Crippen LogP) is 3.05. The number of benzene rings is 1. The van der Waals surface area contributed by atoms with Crippen LogP contribution in [-0.4, -0.2) is 59.6 Å². The number of aromatic nitrogens is 1. The Labute approximate surface area is 161 Å². The van der Waals surface area contributed by atoms with Gasteiger partial charge in [0.25, 0.3) is 0 Å². The molecular formula is C22H28N4O. The summed E-state index contributed by atoms with van der Waals surface area (Å²) < 4.78 is 0. The Hall–Kier alpha value is -2.66. The standard InChI is InChI=1S/C22H28N4O/c1-19(17-21-9-5-11-23-18-21)24-22(27)26-15-13-25(14-16-26)12-6-10-20-7-3-2-4-8-20/h2-11,18-19H,12-17H2,1H3,(H,24,27). The number of carbonyl (C=O) groups is 1. The summed E-state index contributed by atoms with van der Waals surface area (Å²) in [5.74, 6) is 0. The highest BCUT2D eigenvalue weighted by molar-refractivity contribution is 5.74. The molecular weight excluding hydrogens is 336 g/mol. The number of nitrogens with zero attached hydrogens (tertiary/aromatic N) is 3. The fourth-order valence-corrected chi connectivity index (χ4v) is 3.26. The second-order valence-electron chi connectivity index (χ2n) is 7.02. The Bertz CT molecular complexity index is 724. The normalized spacial score (nSPS) is 16.4. The lowest BCUT2D eigenvalue weighted by molar-refractivity contribution is 0.145. The maximum Gasteiger partial charge on any atom is 0.317 e. The molecule has 2 aromatic rings. The van der Waals surface area contributed by atoms with E-state index in [2.05, 4.69) is 39.5 Å². The van der Waals surface area contributed by atoms with Crippen LogP contribution in [0.15, 0.2) is 60.9 Å². The van der Waals surface area contributed by atoms with E-state index in [1.165, 1.54) is 5.56 Å². The SMILES string of the molecule is CC(Cc1cccnc1)NC(=O)N1CCN(CC=Cc2ccccc2)CC1. The van der Waals surface area contributed by atoms with Gasteiger partial charge in [-0.15, -0.1) is 0 Å². The molecule has 1 aliphatic rings. The van der Waals surface area contributed by atoms with E-state index in [1.54, 1.807) is 6.20 Å². The fourth-order valence-electron chi connectivity index (χ4n) is 3.26. The van der Waals surface area contributed by atoms with Crippen LogP contribution in [0.5, 0.6) is 0 Å². The molecule has 0 radical (unpaired) electrons. The second kappa shape index (κ2) is 9.88. The fraction of sp³-hybridized carbons (Fsp3) is 0.364. The molecule has 1 atom stereocenters. The molecule has 1 unspecified atom stereocenters. The third kappa shape index (κ3) is 6.22. The average molecular weight is 364 g/mol. The Balaban J connectivity index is 1.38. The number of hydrogen-bond donors (Lipinski definition) is 1. The molecule has 1 aliphatic heterocycles. The summed E-state index contributed by atoms with van der Waals surface area (Å²) in [5, 5.41) is 3.10. The zero-order chi connectivity index (χ0) is 18.9. The van der Waals surface area contributed by atoms with E-state index in [0.717, 1.165) is 44.7 Å².